The first-order valence-electron chi connectivity index (χ1n) is 3.27. The predicted octanol–water partition coefficient (Wildman–Crippen LogP) is 1.53. The number of carbonyl (C=O) groups excluding carboxylic acids is 2. The lowest BCUT2D eigenvalue weighted by Crippen LogP contribution is -2.27. The van der Waals surface area contributed by atoms with Crippen LogP contribution in [-0.4, -0.2) is 18.1 Å². The van der Waals surface area contributed by atoms with Gasteiger partial charge in [0.1, 0.15) is 6.26 Å². The molecular weight excluding hydrogens is 205 g/mol. The Labute approximate surface area is 75.3 Å². The van der Waals surface area contributed by atoms with E-state index in [2.05, 4.69) is 9.15 Å². The number of ether oxygens (including phenoxy) is 1. The Morgan fingerprint density at radius 3 is 2.43 bits per heavy atom. The molecule has 7 heteroatoms. The zero-order chi connectivity index (χ0) is 10.8. The minimum absolute atomic E-state index is 0.261. The van der Waals surface area contributed by atoms with E-state index >= 15 is 0 Å². The van der Waals surface area contributed by atoms with Crippen LogP contribution in [0.15, 0.2) is 23.0 Å². The molecule has 0 aliphatic rings. The maximum absolute atomic E-state index is 11.6. The smallest absolute Gasteiger partial charge is 0.472 e. The monoisotopic (exact) mass is 208 g/mol. The molecule has 0 fully saturated rings. The molecule has 0 N–H and O–H groups in total. The van der Waals surface area contributed by atoms with Crippen LogP contribution in [0.2, 0.25) is 0 Å². The molecule has 0 radical (unpaired) electrons. The van der Waals surface area contributed by atoms with Crippen LogP contribution in [0.4, 0.5) is 13.2 Å². The molecular formula is C7H3F3O4. The molecule has 0 saturated heterocycles. The molecule has 0 atom stereocenters. The van der Waals surface area contributed by atoms with E-state index in [0.717, 1.165) is 18.6 Å². The third-order valence-electron chi connectivity index (χ3n) is 1.17. The van der Waals surface area contributed by atoms with Gasteiger partial charge in [0, 0.05) is 0 Å². The average molecular weight is 208 g/mol. The molecule has 0 saturated carbocycles. The quantitative estimate of drug-likeness (QED) is 0.518. The highest BCUT2D eigenvalue weighted by Crippen LogP contribution is 2.17. The summed E-state index contributed by atoms with van der Waals surface area (Å²) in [6, 6.07) is 1.08. The van der Waals surface area contributed by atoms with E-state index in [1.165, 1.54) is 0 Å². The molecule has 1 heterocycles. The first kappa shape index (κ1) is 10.3. The Morgan fingerprint density at radius 2 is 2.00 bits per heavy atom. The van der Waals surface area contributed by atoms with E-state index in [0.29, 0.717) is 0 Å². The van der Waals surface area contributed by atoms with Gasteiger partial charge in [-0.1, -0.05) is 0 Å². The van der Waals surface area contributed by atoms with Crippen molar-refractivity contribution in [2.24, 2.45) is 0 Å². The van der Waals surface area contributed by atoms with Crippen molar-refractivity contribution in [3.63, 3.8) is 0 Å². The zero-order valence-electron chi connectivity index (χ0n) is 6.50. The van der Waals surface area contributed by atoms with Gasteiger partial charge in [-0.05, 0) is 6.07 Å². The summed E-state index contributed by atoms with van der Waals surface area (Å²) in [7, 11) is 0. The summed E-state index contributed by atoms with van der Waals surface area (Å²) in [6.45, 7) is 0. The molecule has 0 aliphatic carbocycles. The van der Waals surface area contributed by atoms with Gasteiger partial charge in [0.15, 0.2) is 0 Å². The fourth-order valence-electron chi connectivity index (χ4n) is 0.582. The van der Waals surface area contributed by atoms with E-state index < -0.39 is 18.1 Å². The zero-order valence-corrected chi connectivity index (χ0v) is 6.50. The minimum Gasteiger partial charge on any atom is -0.472 e. The van der Waals surface area contributed by atoms with Crippen LogP contribution in [0.1, 0.15) is 10.4 Å². The second kappa shape index (κ2) is 3.52. The fourth-order valence-corrected chi connectivity index (χ4v) is 0.582. The molecule has 1 rings (SSSR count). The third-order valence-corrected chi connectivity index (χ3v) is 1.17. The van der Waals surface area contributed by atoms with Crippen molar-refractivity contribution in [3.05, 3.63) is 24.2 Å². The van der Waals surface area contributed by atoms with Crippen LogP contribution in [0.3, 0.4) is 0 Å². The summed E-state index contributed by atoms with van der Waals surface area (Å²) in [5.74, 6) is -3.95. The number of hydrogen-bond acceptors (Lipinski definition) is 4. The highest BCUT2D eigenvalue weighted by Gasteiger charge is 2.42. The SMILES string of the molecule is O=C(OC(=O)C(F)(F)F)c1ccoc1. The second-order valence-corrected chi connectivity index (χ2v) is 2.19. The Hall–Kier alpha value is -1.79. The lowest BCUT2D eigenvalue weighted by atomic mass is 10.3. The van der Waals surface area contributed by atoms with Crippen LogP contribution in [0, 0.1) is 0 Å². The number of hydrogen-bond donors (Lipinski definition) is 0. The molecule has 1 aromatic heterocycles. The van der Waals surface area contributed by atoms with Gasteiger partial charge in [0.25, 0.3) is 0 Å². The summed E-state index contributed by atoms with van der Waals surface area (Å²) in [5.41, 5.74) is -0.261. The molecule has 0 aliphatic heterocycles. The van der Waals surface area contributed by atoms with Crippen molar-refractivity contribution >= 4 is 11.9 Å². The van der Waals surface area contributed by atoms with Crippen molar-refractivity contribution in [2.75, 3.05) is 0 Å². The first-order chi connectivity index (χ1) is 6.41. The van der Waals surface area contributed by atoms with Crippen LogP contribution in [0.5, 0.6) is 0 Å². The highest BCUT2D eigenvalue weighted by atomic mass is 19.4. The van der Waals surface area contributed by atoms with E-state index in [1.807, 2.05) is 0 Å². The van der Waals surface area contributed by atoms with Crippen molar-refractivity contribution in [2.45, 2.75) is 6.18 Å². The largest absolute Gasteiger partial charge is 0.491 e. The Bertz CT molecular complexity index is 338. The Kier molecular flexibility index (Phi) is 2.59. The van der Waals surface area contributed by atoms with Gasteiger partial charge >= 0.3 is 18.1 Å². The number of furan rings is 1. The molecule has 76 valence electrons. The van der Waals surface area contributed by atoms with Crippen LogP contribution < -0.4 is 0 Å². The van der Waals surface area contributed by atoms with Crippen molar-refractivity contribution < 1.29 is 31.9 Å². The second-order valence-electron chi connectivity index (χ2n) is 2.19. The predicted molar refractivity (Wildman–Crippen MR) is 35.2 cm³/mol. The normalized spacial score (nSPS) is 11.1. The van der Waals surface area contributed by atoms with Gasteiger partial charge in [-0.15, -0.1) is 0 Å². The van der Waals surface area contributed by atoms with Crippen molar-refractivity contribution in [1.82, 2.24) is 0 Å². The molecule has 0 spiro atoms. The average Bonchev–Trinajstić information content (AvgIpc) is 2.53. The lowest BCUT2D eigenvalue weighted by molar-refractivity contribution is -0.193. The van der Waals surface area contributed by atoms with Gasteiger partial charge < -0.3 is 9.15 Å². The molecule has 0 amide bonds. The molecule has 14 heavy (non-hydrogen) atoms. The van der Waals surface area contributed by atoms with Gasteiger partial charge in [-0.25, -0.2) is 9.59 Å². The molecule has 0 aromatic carbocycles. The summed E-state index contributed by atoms with van der Waals surface area (Å²) >= 11 is 0. The Morgan fingerprint density at radius 1 is 1.36 bits per heavy atom. The van der Waals surface area contributed by atoms with E-state index in [-0.39, 0.29) is 5.56 Å². The molecule has 4 nitrogen and oxygen atoms in total. The molecule has 0 unspecified atom stereocenters. The Balaban J connectivity index is 2.63. The number of esters is 2. The number of rotatable bonds is 1. The molecule has 0 bridgehead atoms. The highest BCUT2D eigenvalue weighted by molar-refractivity contribution is 5.97. The molecule has 1 aromatic rings. The van der Waals surface area contributed by atoms with Crippen LogP contribution >= 0.6 is 0 Å². The van der Waals surface area contributed by atoms with E-state index in [4.69, 9.17) is 0 Å². The van der Waals surface area contributed by atoms with Crippen LogP contribution in [0.25, 0.3) is 0 Å². The van der Waals surface area contributed by atoms with Crippen molar-refractivity contribution in [1.29, 1.82) is 0 Å². The summed E-state index contributed by atoms with van der Waals surface area (Å²) < 4.78 is 42.7. The topological polar surface area (TPSA) is 56.5 Å². The van der Waals surface area contributed by atoms with E-state index in [9.17, 15) is 22.8 Å². The third kappa shape index (κ3) is 2.35. The van der Waals surface area contributed by atoms with Gasteiger partial charge in [0.05, 0.1) is 11.8 Å². The summed E-state index contributed by atoms with van der Waals surface area (Å²) in [6.07, 6.45) is -3.25. The standard InChI is InChI=1S/C7H3F3O4/c8-7(9,10)6(12)14-5(11)4-1-2-13-3-4/h1-3H. The maximum Gasteiger partial charge on any atom is 0.491 e. The van der Waals surface area contributed by atoms with Gasteiger partial charge in [-0.3, -0.25) is 0 Å². The number of halogens is 3. The fraction of sp³-hybridized carbons (Fsp3) is 0.143. The lowest BCUT2D eigenvalue weighted by Gasteiger charge is -2.03. The number of carbonyl (C=O) groups is 2. The summed E-state index contributed by atoms with van der Waals surface area (Å²) in [5, 5.41) is 0. The van der Waals surface area contributed by atoms with Crippen LogP contribution in [-0.2, 0) is 9.53 Å². The maximum atomic E-state index is 11.6. The summed E-state index contributed by atoms with van der Waals surface area (Å²) in [4.78, 5) is 20.9. The van der Waals surface area contributed by atoms with Gasteiger partial charge in [-0.2, -0.15) is 13.2 Å². The van der Waals surface area contributed by atoms with Crippen molar-refractivity contribution in [3.8, 4) is 0 Å². The van der Waals surface area contributed by atoms with Gasteiger partial charge in [0.2, 0.25) is 0 Å². The first-order valence-corrected chi connectivity index (χ1v) is 3.27. The minimum atomic E-state index is -5.18. The number of alkyl halides is 3. The van der Waals surface area contributed by atoms with E-state index in [1.54, 1.807) is 0 Å².